The van der Waals surface area contributed by atoms with E-state index in [-0.39, 0.29) is 12.2 Å². The molecule has 0 aliphatic rings. The van der Waals surface area contributed by atoms with Crippen LogP contribution in [0, 0.1) is 0 Å². The van der Waals surface area contributed by atoms with Gasteiger partial charge in [0, 0.05) is 12.3 Å². The minimum absolute atomic E-state index is 0.0148. The van der Waals surface area contributed by atoms with Gasteiger partial charge in [0.25, 0.3) is 5.56 Å². The van der Waals surface area contributed by atoms with Crippen molar-refractivity contribution in [3.05, 3.63) is 69.7 Å². The molecule has 0 saturated carbocycles. The number of aliphatic hydroxyl groups excluding tert-OH is 1. The summed E-state index contributed by atoms with van der Waals surface area (Å²) < 4.78 is 6.13. The second-order valence-corrected chi connectivity index (χ2v) is 5.10. The summed E-state index contributed by atoms with van der Waals surface area (Å²) in [4.78, 5) is 23.6. The number of esters is 1. The lowest BCUT2D eigenvalue weighted by atomic mass is 10.1. The van der Waals surface area contributed by atoms with Crippen molar-refractivity contribution >= 4 is 5.97 Å². The topological polar surface area (TPSA) is 68.5 Å². The SMILES string of the molecule is CC/C=C/C(=C\C=C(/C)CO)Cn1cc(C(=O)OC)ccc1=O. The monoisotopic (exact) mass is 317 g/mol. The Morgan fingerprint density at radius 2 is 2.09 bits per heavy atom. The normalized spacial score (nSPS) is 12.7. The Bertz CT molecular complexity index is 681. The molecule has 23 heavy (non-hydrogen) atoms. The Labute approximate surface area is 136 Å². The van der Waals surface area contributed by atoms with Gasteiger partial charge in [0.15, 0.2) is 0 Å². The number of hydrogen-bond donors (Lipinski definition) is 1. The van der Waals surface area contributed by atoms with Crippen molar-refractivity contribution in [2.45, 2.75) is 26.8 Å². The van der Waals surface area contributed by atoms with E-state index in [1.807, 2.05) is 38.2 Å². The first-order chi connectivity index (χ1) is 11.0. The predicted octanol–water partition coefficient (Wildman–Crippen LogP) is 2.47. The number of hydrogen-bond acceptors (Lipinski definition) is 4. The maximum absolute atomic E-state index is 12.0. The van der Waals surface area contributed by atoms with Crippen LogP contribution in [0.15, 0.2) is 58.6 Å². The van der Waals surface area contributed by atoms with Gasteiger partial charge in [-0.15, -0.1) is 0 Å². The van der Waals surface area contributed by atoms with E-state index in [0.29, 0.717) is 12.1 Å². The molecule has 1 rings (SSSR count). The number of carbonyl (C=O) groups is 1. The molecule has 0 radical (unpaired) electrons. The molecule has 124 valence electrons. The molecule has 1 aromatic heterocycles. The van der Waals surface area contributed by atoms with E-state index in [4.69, 9.17) is 5.11 Å². The van der Waals surface area contributed by atoms with Gasteiger partial charge in [-0.2, -0.15) is 0 Å². The molecule has 1 N–H and O–H groups in total. The van der Waals surface area contributed by atoms with E-state index < -0.39 is 5.97 Å². The Balaban J connectivity index is 3.15. The van der Waals surface area contributed by atoms with Crippen molar-refractivity contribution in [1.29, 1.82) is 0 Å². The van der Waals surface area contributed by atoms with Crippen LogP contribution in [0.25, 0.3) is 0 Å². The third-order valence-corrected chi connectivity index (χ3v) is 3.16. The maximum Gasteiger partial charge on any atom is 0.339 e. The number of allylic oxidation sites excluding steroid dienone is 5. The zero-order valence-corrected chi connectivity index (χ0v) is 13.8. The van der Waals surface area contributed by atoms with Crippen LogP contribution in [0.1, 0.15) is 30.6 Å². The molecule has 1 heterocycles. The van der Waals surface area contributed by atoms with Crippen LogP contribution in [0.2, 0.25) is 0 Å². The number of rotatable bonds is 7. The van der Waals surface area contributed by atoms with E-state index in [1.54, 1.807) is 0 Å². The summed E-state index contributed by atoms with van der Waals surface area (Å²) in [6, 6.07) is 2.80. The summed E-state index contributed by atoms with van der Waals surface area (Å²) >= 11 is 0. The highest BCUT2D eigenvalue weighted by Crippen LogP contribution is 2.06. The maximum atomic E-state index is 12.0. The van der Waals surface area contributed by atoms with Gasteiger partial charge in [0.05, 0.1) is 25.8 Å². The lowest BCUT2D eigenvalue weighted by Crippen LogP contribution is -2.21. The first-order valence-electron chi connectivity index (χ1n) is 7.44. The van der Waals surface area contributed by atoms with Crippen LogP contribution in [0.5, 0.6) is 0 Å². The molecule has 0 saturated heterocycles. The fourth-order valence-corrected chi connectivity index (χ4v) is 1.82. The number of nitrogens with zero attached hydrogens (tertiary/aromatic N) is 1. The van der Waals surface area contributed by atoms with Gasteiger partial charge in [0.2, 0.25) is 0 Å². The molecule has 0 aliphatic heterocycles. The van der Waals surface area contributed by atoms with E-state index in [2.05, 4.69) is 4.74 Å². The van der Waals surface area contributed by atoms with Crippen LogP contribution in [0.4, 0.5) is 0 Å². The van der Waals surface area contributed by atoms with E-state index in [9.17, 15) is 9.59 Å². The van der Waals surface area contributed by atoms with Crippen LogP contribution in [-0.4, -0.2) is 29.4 Å². The Kier molecular flexibility index (Phi) is 7.77. The predicted molar refractivity (Wildman–Crippen MR) is 90.4 cm³/mol. The third-order valence-electron chi connectivity index (χ3n) is 3.16. The van der Waals surface area contributed by atoms with Crippen LogP contribution < -0.4 is 5.56 Å². The van der Waals surface area contributed by atoms with Crippen molar-refractivity contribution in [2.24, 2.45) is 0 Å². The zero-order valence-electron chi connectivity index (χ0n) is 13.8. The average molecular weight is 317 g/mol. The number of methoxy groups -OCH3 is 1. The van der Waals surface area contributed by atoms with Crippen molar-refractivity contribution in [2.75, 3.05) is 13.7 Å². The van der Waals surface area contributed by atoms with Gasteiger partial charge in [-0.3, -0.25) is 4.79 Å². The molecule has 0 atom stereocenters. The lowest BCUT2D eigenvalue weighted by molar-refractivity contribution is 0.0599. The summed E-state index contributed by atoms with van der Waals surface area (Å²) in [5.41, 5.74) is 1.84. The van der Waals surface area contributed by atoms with Gasteiger partial charge in [0.1, 0.15) is 0 Å². The number of ether oxygens (including phenoxy) is 1. The lowest BCUT2D eigenvalue weighted by Gasteiger charge is -2.08. The number of aromatic nitrogens is 1. The van der Waals surface area contributed by atoms with Gasteiger partial charge < -0.3 is 14.4 Å². The van der Waals surface area contributed by atoms with Gasteiger partial charge in [-0.05, 0) is 30.6 Å². The van der Waals surface area contributed by atoms with Crippen LogP contribution >= 0.6 is 0 Å². The van der Waals surface area contributed by atoms with Crippen LogP contribution in [-0.2, 0) is 11.3 Å². The summed E-state index contributed by atoms with van der Waals surface area (Å²) in [7, 11) is 1.30. The molecular formula is C18H23NO4. The molecule has 1 aromatic rings. The minimum atomic E-state index is -0.482. The fraction of sp³-hybridized carbons (Fsp3) is 0.333. The summed E-state index contributed by atoms with van der Waals surface area (Å²) in [6.07, 6.45) is 9.95. The largest absolute Gasteiger partial charge is 0.465 e. The fourth-order valence-electron chi connectivity index (χ4n) is 1.82. The van der Waals surface area contributed by atoms with Crippen molar-refractivity contribution in [1.82, 2.24) is 4.57 Å². The zero-order chi connectivity index (χ0) is 17.2. The molecule has 5 nitrogen and oxygen atoms in total. The molecule has 0 amide bonds. The molecule has 0 unspecified atom stereocenters. The average Bonchev–Trinajstić information content (AvgIpc) is 2.57. The van der Waals surface area contributed by atoms with Crippen molar-refractivity contribution in [3.63, 3.8) is 0 Å². The number of carbonyl (C=O) groups excluding carboxylic acids is 1. The van der Waals surface area contributed by atoms with E-state index in [1.165, 1.54) is 30.0 Å². The molecular weight excluding hydrogens is 294 g/mol. The van der Waals surface area contributed by atoms with E-state index in [0.717, 1.165) is 17.6 Å². The highest BCUT2D eigenvalue weighted by atomic mass is 16.5. The number of pyridine rings is 1. The smallest absolute Gasteiger partial charge is 0.339 e. The first kappa shape index (κ1) is 18.6. The molecule has 0 aliphatic carbocycles. The Hall–Kier alpha value is -2.40. The second kappa shape index (κ2) is 9.58. The molecule has 5 heteroatoms. The quantitative estimate of drug-likeness (QED) is 0.619. The highest BCUT2D eigenvalue weighted by molar-refractivity contribution is 5.88. The second-order valence-electron chi connectivity index (χ2n) is 5.10. The third kappa shape index (κ3) is 6.08. The summed E-state index contributed by atoms with van der Waals surface area (Å²) in [5, 5.41) is 9.06. The molecule has 0 spiro atoms. The molecule has 0 bridgehead atoms. The highest BCUT2D eigenvalue weighted by Gasteiger charge is 2.07. The van der Waals surface area contributed by atoms with Gasteiger partial charge in [-0.25, -0.2) is 4.79 Å². The number of aliphatic hydroxyl groups is 1. The Morgan fingerprint density at radius 1 is 1.35 bits per heavy atom. The van der Waals surface area contributed by atoms with Crippen molar-refractivity contribution in [3.8, 4) is 0 Å². The van der Waals surface area contributed by atoms with Gasteiger partial charge >= 0.3 is 5.97 Å². The van der Waals surface area contributed by atoms with Crippen molar-refractivity contribution < 1.29 is 14.6 Å². The minimum Gasteiger partial charge on any atom is -0.465 e. The van der Waals surface area contributed by atoms with Gasteiger partial charge in [-0.1, -0.05) is 31.2 Å². The van der Waals surface area contributed by atoms with E-state index >= 15 is 0 Å². The Morgan fingerprint density at radius 3 is 2.70 bits per heavy atom. The first-order valence-corrected chi connectivity index (χ1v) is 7.44. The standard InChI is InChI=1S/C18H23NO4/c1-4-5-6-15(8-7-14(2)13-20)11-19-12-16(18(22)23-3)9-10-17(19)21/h5-10,12,20H,4,11,13H2,1-3H3/b6-5+,14-7+,15-8+. The summed E-state index contributed by atoms with van der Waals surface area (Å²) in [6.45, 7) is 4.16. The molecule has 0 aromatic carbocycles. The summed E-state index contributed by atoms with van der Waals surface area (Å²) in [5.74, 6) is -0.482. The molecule has 0 fully saturated rings. The van der Waals surface area contributed by atoms with Crippen LogP contribution in [0.3, 0.4) is 0 Å².